The van der Waals surface area contributed by atoms with E-state index in [1.165, 1.54) is 50.2 Å². The summed E-state index contributed by atoms with van der Waals surface area (Å²) >= 11 is 4.64. The van der Waals surface area contributed by atoms with Crippen molar-refractivity contribution in [3.05, 3.63) is 41.2 Å². The van der Waals surface area contributed by atoms with Gasteiger partial charge in [0.15, 0.2) is 0 Å². The lowest BCUT2D eigenvalue weighted by Crippen LogP contribution is -2.45. The van der Waals surface area contributed by atoms with Crippen molar-refractivity contribution in [2.75, 3.05) is 39.1 Å². The molecule has 4 heteroatoms. The van der Waals surface area contributed by atoms with E-state index >= 15 is 0 Å². The lowest BCUT2D eigenvalue weighted by atomic mass is 10.1. The number of aryl methyl sites for hydroxylation is 1. The summed E-state index contributed by atoms with van der Waals surface area (Å²) in [6, 6.07) is 4.46. The Morgan fingerprint density at radius 1 is 1.18 bits per heavy atom. The van der Waals surface area contributed by atoms with Gasteiger partial charge in [-0.2, -0.15) is 0 Å². The molecule has 0 saturated carbocycles. The number of aromatic nitrogens is 1. The first kappa shape index (κ1) is 19.1. The highest BCUT2D eigenvalue weighted by Crippen LogP contribution is 2.13. The minimum Gasteiger partial charge on any atom is -0.301 e. The molecule has 1 saturated heterocycles. The van der Waals surface area contributed by atoms with Gasteiger partial charge in [-0.15, -0.1) is 11.6 Å². The van der Waals surface area contributed by atoms with E-state index in [0.717, 1.165) is 24.4 Å². The Balaban J connectivity index is 0.00000116. The number of allylic oxidation sites excluding steroid dienone is 1. The van der Waals surface area contributed by atoms with Gasteiger partial charge in [-0.05, 0) is 38.1 Å². The standard InChI is InChI=1S/C17H27N3.CH3Cl/c1-5-19-6-8-20(9-7-19)13-16-11-15(4)18-17(12-16)10-14(2)3;1-2/h11-12H,2,5-10,13H2,1,3-4H3;1H3. The molecule has 0 aromatic carbocycles. The fraction of sp³-hybridized carbons (Fsp3) is 0.611. The summed E-state index contributed by atoms with van der Waals surface area (Å²) in [5.41, 5.74) is 4.83. The zero-order valence-electron chi connectivity index (χ0n) is 14.5. The van der Waals surface area contributed by atoms with Crippen LogP contribution in [0.15, 0.2) is 24.3 Å². The van der Waals surface area contributed by atoms with E-state index in [0.29, 0.717) is 0 Å². The monoisotopic (exact) mass is 323 g/mol. The van der Waals surface area contributed by atoms with Crippen LogP contribution in [-0.4, -0.2) is 53.9 Å². The average molecular weight is 324 g/mol. The molecule has 0 aliphatic carbocycles. The molecular weight excluding hydrogens is 294 g/mol. The first-order valence-electron chi connectivity index (χ1n) is 8.00. The molecule has 0 N–H and O–H groups in total. The third kappa shape index (κ3) is 6.47. The quantitative estimate of drug-likeness (QED) is 0.610. The molecule has 22 heavy (non-hydrogen) atoms. The van der Waals surface area contributed by atoms with Crippen molar-refractivity contribution < 1.29 is 0 Å². The van der Waals surface area contributed by atoms with Gasteiger partial charge in [0, 0.05) is 56.9 Å². The number of alkyl halides is 1. The van der Waals surface area contributed by atoms with Gasteiger partial charge in [-0.3, -0.25) is 9.88 Å². The van der Waals surface area contributed by atoms with Gasteiger partial charge in [0.25, 0.3) is 0 Å². The topological polar surface area (TPSA) is 19.4 Å². The van der Waals surface area contributed by atoms with Crippen LogP contribution in [-0.2, 0) is 13.0 Å². The van der Waals surface area contributed by atoms with Gasteiger partial charge >= 0.3 is 0 Å². The van der Waals surface area contributed by atoms with Crippen LogP contribution in [0, 0.1) is 6.92 Å². The second-order valence-corrected chi connectivity index (χ2v) is 5.95. The lowest BCUT2D eigenvalue weighted by molar-refractivity contribution is 0.132. The molecular formula is C18H30ClN3. The molecule has 0 bridgehead atoms. The van der Waals surface area contributed by atoms with Gasteiger partial charge in [0.2, 0.25) is 0 Å². The van der Waals surface area contributed by atoms with Crippen molar-refractivity contribution in [1.29, 1.82) is 0 Å². The van der Waals surface area contributed by atoms with E-state index in [2.05, 4.69) is 65.9 Å². The summed E-state index contributed by atoms with van der Waals surface area (Å²) in [6.07, 6.45) is 2.36. The summed E-state index contributed by atoms with van der Waals surface area (Å²) in [5, 5.41) is 0. The summed E-state index contributed by atoms with van der Waals surface area (Å²) in [6.45, 7) is 17.3. The number of halogens is 1. The van der Waals surface area contributed by atoms with Gasteiger partial charge in [0.1, 0.15) is 0 Å². The highest BCUT2D eigenvalue weighted by atomic mass is 35.5. The number of hydrogen-bond donors (Lipinski definition) is 0. The second kappa shape index (κ2) is 9.98. The molecule has 124 valence electrons. The molecule has 1 fully saturated rings. The number of likely N-dealkylation sites (N-methyl/N-ethyl adjacent to an activating group) is 1. The number of piperazine rings is 1. The van der Waals surface area contributed by atoms with Gasteiger partial charge in [0.05, 0.1) is 0 Å². The molecule has 0 atom stereocenters. The van der Waals surface area contributed by atoms with Crippen LogP contribution in [0.3, 0.4) is 0 Å². The molecule has 1 aliphatic heterocycles. The molecule has 3 nitrogen and oxygen atoms in total. The zero-order valence-corrected chi connectivity index (χ0v) is 15.3. The Kier molecular flexibility index (Phi) is 8.69. The van der Waals surface area contributed by atoms with E-state index in [4.69, 9.17) is 0 Å². The fourth-order valence-corrected chi connectivity index (χ4v) is 2.83. The highest BCUT2D eigenvalue weighted by molar-refractivity contribution is 6.15. The van der Waals surface area contributed by atoms with Gasteiger partial charge in [-0.1, -0.05) is 19.1 Å². The summed E-state index contributed by atoms with van der Waals surface area (Å²) in [4.78, 5) is 9.67. The molecule has 0 spiro atoms. The van der Waals surface area contributed by atoms with E-state index < -0.39 is 0 Å². The minimum atomic E-state index is 0.887. The van der Waals surface area contributed by atoms with Crippen LogP contribution in [0.1, 0.15) is 30.8 Å². The number of pyridine rings is 1. The van der Waals surface area contributed by atoms with E-state index in [1.54, 1.807) is 0 Å². The Morgan fingerprint density at radius 3 is 2.32 bits per heavy atom. The van der Waals surface area contributed by atoms with E-state index in [9.17, 15) is 0 Å². The number of hydrogen-bond acceptors (Lipinski definition) is 3. The third-order valence-electron chi connectivity index (χ3n) is 3.87. The maximum Gasteiger partial charge on any atom is 0.0450 e. The first-order valence-corrected chi connectivity index (χ1v) is 8.75. The molecule has 1 aromatic heterocycles. The molecule has 2 rings (SSSR count). The Hall–Kier alpha value is -0.900. The van der Waals surface area contributed by atoms with Crippen LogP contribution in [0.2, 0.25) is 0 Å². The average Bonchev–Trinajstić information content (AvgIpc) is 2.49. The second-order valence-electron chi connectivity index (χ2n) is 5.95. The van der Waals surface area contributed by atoms with Crippen molar-refractivity contribution in [2.45, 2.75) is 33.7 Å². The molecule has 0 radical (unpaired) electrons. The zero-order chi connectivity index (χ0) is 16.5. The van der Waals surface area contributed by atoms with E-state index in [1.807, 2.05) is 0 Å². The summed E-state index contributed by atoms with van der Waals surface area (Å²) in [5.74, 6) is 0. The Bertz CT molecular complexity index is 465. The number of nitrogens with zero attached hydrogens (tertiary/aromatic N) is 3. The SMILES string of the molecule is C=C(C)Cc1cc(CN2CCN(CC)CC2)cc(C)n1.CCl. The smallest absolute Gasteiger partial charge is 0.0450 e. The van der Waals surface area contributed by atoms with Gasteiger partial charge < -0.3 is 4.90 Å². The Morgan fingerprint density at radius 2 is 1.77 bits per heavy atom. The summed E-state index contributed by atoms with van der Waals surface area (Å²) in [7, 11) is 0. The molecule has 0 unspecified atom stereocenters. The van der Waals surface area contributed by atoms with Crippen LogP contribution < -0.4 is 0 Å². The molecule has 0 amide bonds. The van der Waals surface area contributed by atoms with Crippen LogP contribution in [0.25, 0.3) is 0 Å². The van der Waals surface area contributed by atoms with E-state index in [-0.39, 0.29) is 0 Å². The van der Waals surface area contributed by atoms with Crippen molar-refractivity contribution in [1.82, 2.24) is 14.8 Å². The predicted molar refractivity (Wildman–Crippen MR) is 96.7 cm³/mol. The van der Waals surface area contributed by atoms with Crippen LogP contribution in [0.5, 0.6) is 0 Å². The number of rotatable bonds is 5. The minimum absolute atomic E-state index is 0.887. The van der Waals surface area contributed by atoms with Crippen LogP contribution >= 0.6 is 11.6 Å². The maximum absolute atomic E-state index is 4.64. The third-order valence-corrected chi connectivity index (χ3v) is 3.87. The highest BCUT2D eigenvalue weighted by Gasteiger charge is 2.15. The largest absolute Gasteiger partial charge is 0.301 e. The van der Waals surface area contributed by atoms with Gasteiger partial charge in [-0.25, -0.2) is 0 Å². The molecule has 1 aromatic rings. The lowest BCUT2D eigenvalue weighted by Gasteiger charge is -2.34. The normalized spacial score (nSPS) is 16.0. The van der Waals surface area contributed by atoms with Crippen molar-refractivity contribution >= 4 is 11.6 Å². The fourth-order valence-electron chi connectivity index (χ4n) is 2.83. The predicted octanol–water partition coefficient (Wildman–Crippen LogP) is 3.50. The van der Waals surface area contributed by atoms with Crippen molar-refractivity contribution in [3.63, 3.8) is 0 Å². The summed E-state index contributed by atoms with van der Waals surface area (Å²) < 4.78 is 0. The first-order chi connectivity index (χ1) is 10.6. The molecule has 1 aliphatic rings. The van der Waals surface area contributed by atoms with Crippen molar-refractivity contribution in [2.24, 2.45) is 0 Å². The van der Waals surface area contributed by atoms with Crippen LogP contribution in [0.4, 0.5) is 0 Å². The molecule has 2 heterocycles. The maximum atomic E-state index is 4.64. The van der Waals surface area contributed by atoms with Crippen molar-refractivity contribution in [3.8, 4) is 0 Å². The Labute approximate surface area is 141 Å².